The Kier molecular flexibility index (Phi) is 7.79. The van der Waals surface area contributed by atoms with Crippen LogP contribution in [0, 0.1) is 0 Å². The molecule has 0 aliphatic heterocycles. The van der Waals surface area contributed by atoms with Crippen LogP contribution in [0.5, 0.6) is 0 Å². The average molecular weight is 293 g/mol. The van der Waals surface area contributed by atoms with Gasteiger partial charge in [0.25, 0.3) is 0 Å². The molecule has 1 atom stereocenters. The Morgan fingerprint density at radius 3 is 2.71 bits per heavy atom. The van der Waals surface area contributed by atoms with Crippen molar-refractivity contribution in [2.45, 2.75) is 32.7 Å². The van der Waals surface area contributed by atoms with E-state index in [1.807, 2.05) is 18.2 Å². The van der Waals surface area contributed by atoms with E-state index in [1.165, 1.54) is 0 Å². The smallest absolute Gasteiger partial charge is 0.225 e. The summed E-state index contributed by atoms with van der Waals surface area (Å²) in [6, 6.07) is 7.73. The molecule has 5 heteroatoms. The molecule has 5 nitrogen and oxygen atoms in total. The van der Waals surface area contributed by atoms with Gasteiger partial charge >= 0.3 is 0 Å². The van der Waals surface area contributed by atoms with Gasteiger partial charge in [0.15, 0.2) is 0 Å². The molecule has 0 fully saturated rings. The van der Waals surface area contributed by atoms with E-state index < -0.39 is 0 Å². The summed E-state index contributed by atoms with van der Waals surface area (Å²) in [5.41, 5.74) is 7.08. The minimum absolute atomic E-state index is 0.0152. The molecule has 0 aromatic heterocycles. The third-order valence-corrected chi connectivity index (χ3v) is 3.66. The fourth-order valence-electron chi connectivity index (χ4n) is 2.09. The molecule has 1 amide bonds. The van der Waals surface area contributed by atoms with Crippen molar-refractivity contribution in [1.82, 2.24) is 4.90 Å². The van der Waals surface area contributed by atoms with Gasteiger partial charge in [-0.3, -0.25) is 9.69 Å². The minimum atomic E-state index is -0.0152. The number of carbonyl (C=O) groups excluding carboxylic acids is 1. The number of nitrogens with two attached hydrogens (primary N) is 1. The Morgan fingerprint density at radius 1 is 1.38 bits per heavy atom. The number of methoxy groups -OCH3 is 1. The van der Waals surface area contributed by atoms with Gasteiger partial charge in [0.2, 0.25) is 5.91 Å². The summed E-state index contributed by atoms with van der Waals surface area (Å²) in [7, 11) is 1.69. The molecule has 0 bridgehead atoms. The zero-order chi connectivity index (χ0) is 15.7. The second-order valence-corrected chi connectivity index (χ2v) is 5.17. The van der Waals surface area contributed by atoms with E-state index in [4.69, 9.17) is 10.5 Å². The van der Waals surface area contributed by atoms with Gasteiger partial charge in [0, 0.05) is 32.7 Å². The first-order valence-corrected chi connectivity index (χ1v) is 7.45. The highest BCUT2D eigenvalue weighted by atomic mass is 16.5. The highest BCUT2D eigenvalue weighted by Crippen LogP contribution is 2.17. The van der Waals surface area contributed by atoms with Gasteiger partial charge in [-0.2, -0.15) is 0 Å². The first-order valence-electron chi connectivity index (χ1n) is 7.45. The number of amides is 1. The highest BCUT2D eigenvalue weighted by molar-refractivity contribution is 5.93. The van der Waals surface area contributed by atoms with Crippen LogP contribution < -0.4 is 11.1 Å². The minimum Gasteiger partial charge on any atom is -0.397 e. The van der Waals surface area contributed by atoms with Crippen LogP contribution in [-0.4, -0.2) is 43.7 Å². The predicted octanol–water partition coefficient (Wildman–Crippen LogP) is 2.34. The topological polar surface area (TPSA) is 67.6 Å². The van der Waals surface area contributed by atoms with Crippen molar-refractivity contribution in [2.24, 2.45) is 0 Å². The number of ether oxygens (including phenoxy) is 1. The van der Waals surface area contributed by atoms with Crippen molar-refractivity contribution in [1.29, 1.82) is 0 Å². The van der Waals surface area contributed by atoms with Gasteiger partial charge < -0.3 is 15.8 Å². The van der Waals surface area contributed by atoms with Crippen molar-refractivity contribution >= 4 is 17.3 Å². The van der Waals surface area contributed by atoms with Crippen LogP contribution in [0.2, 0.25) is 0 Å². The fraction of sp³-hybridized carbons (Fsp3) is 0.562. The summed E-state index contributed by atoms with van der Waals surface area (Å²) < 4.78 is 5.13. The van der Waals surface area contributed by atoms with E-state index in [1.54, 1.807) is 13.2 Å². The Morgan fingerprint density at radius 2 is 2.10 bits per heavy atom. The summed E-state index contributed by atoms with van der Waals surface area (Å²) >= 11 is 0. The number of nitrogen functional groups attached to an aromatic ring is 1. The third kappa shape index (κ3) is 6.14. The lowest BCUT2D eigenvalue weighted by molar-refractivity contribution is -0.116. The van der Waals surface area contributed by atoms with E-state index in [-0.39, 0.29) is 5.91 Å². The molecule has 0 aliphatic carbocycles. The SMILES string of the molecule is CCC(C)N(CCOC)CCC(=O)Nc1ccccc1N. The number of carbonyl (C=O) groups is 1. The maximum Gasteiger partial charge on any atom is 0.225 e. The molecule has 0 spiro atoms. The van der Waals surface area contributed by atoms with Crippen molar-refractivity contribution < 1.29 is 9.53 Å². The zero-order valence-electron chi connectivity index (χ0n) is 13.3. The van der Waals surface area contributed by atoms with E-state index in [2.05, 4.69) is 24.1 Å². The predicted molar refractivity (Wildman–Crippen MR) is 87.3 cm³/mol. The summed E-state index contributed by atoms with van der Waals surface area (Å²) in [5.74, 6) is -0.0152. The quantitative estimate of drug-likeness (QED) is 0.686. The normalized spacial score (nSPS) is 12.4. The van der Waals surface area contributed by atoms with Gasteiger partial charge in [0.1, 0.15) is 0 Å². The summed E-state index contributed by atoms with van der Waals surface area (Å²) in [6.07, 6.45) is 1.50. The molecule has 21 heavy (non-hydrogen) atoms. The van der Waals surface area contributed by atoms with Crippen LogP contribution in [0.15, 0.2) is 24.3 Å². The van der Waals surface area contributed by atoms with E-state index in [9.17, 15) is 4.79 Å². The number of anilines is 2. The number of hydrogen-bond donors (Lipinski definition) is 2. The van der Waals surface area contributed by atoms with Gasteiger partial charge in [-0.05, 0) is 25.5 Å². The molecule has 0 heterocycles. The van der Waals surface area contributed by atoms with E-state index >= 15 is 0 Å². The van der Waals surface area contributed by atoms with Crippen molar-refractivity contribution in [3.05, 3.63) is 24.3 Å². The second kappa shape index (κ2) is 9.37. The number of hydrogen-bond acceptors (Lipinski definition) is 4. The molecule has 0 radical (unpaired) electrons. The number of para-hydroxylation sites is 2. The first kappa shape index (κ1) is 17.5. The average Bonchev–Trinajstić information content (AvgIpc) is 2.49. The van der Waals surface area contributed by atoms with Crippen LogP contribution in [0.25, 0.3) is 0 Å². The van der Waals surface area contributed by atoms with Crippen LogP contribution in [0.1, 0.15) is 26.7 Å². The lowest BCUT2D eigenvalue weighted by Gasteiger charge is -2.27. The molecule has 3 N–H and O–H groups in total. The number of nitrogens with one attached hydrogen (secondary N) is 1. The van der Waals surface area contributed by atoms with E-state index in [0.717, 1.165) is 19.5 Å². The standard InChI is InChI=1S/C16H27N3O2/c1-4-13(2)19(11-12-21-3)10-9-16(20)18-15-8-6-5-7-14(15)17/h5-8,13H,4,9-12,17H2,1-3H3,(H,18,20). The maximum absolute atomic E-state index is 12.0. The van der Waals surface area contributed by atoms with Crippen LogP contribution >= 0.6 is 0 Å². The Balaban J connectivity index is 2.47. The molecule has 1 rings (SSSR count). The van der Waals surface area contributed by atoms with Crippen LogP contribution in [0.4, 0.5) is 11.4 Å². The number of benzene rings is 1. The molecule has 0 saturated heterocycles. The van der Waals surface area contributed by atoms with E-state index in [0.29, 0.717) is 30.4 Å². The van der Waals surface area contributed by atoms with Gasteiger partial charge in [0.05, 0.1) is 18.0 Å². The highest BCUT2D eigenvalue weighted by Gasteiger charge is 2.14. The largest absolute Gasteiger partial charge is 0.397 e. The van der Waals surface area contributed by atoms with Crippen LogP contribution in [-0.2, 0) is 9.53 Å². The summed E-state index contributed by atoms with van der Waals surface area (Å²) in [4.78, 5) is 14.3. The zero-order valence-corrected chi connectivity index (χ0v) is 13.3. The molecule has 1 unspecified atom stereocenters. The molecule has 1 aromatic carbocycles. The fourth-order valence-corrected chi connectivity index (χ4v) is 2.09. The monoisotopic (exact) mass is 293 g/mol. The van der Waals surface area contributed by atoms with Crippen molar-refractivity contribution in [3.63, 3.8) is 0 Å². The van der Waals surface area contributed by atoms with Gasteiger partial charge in [-0.25, -0.2) is 0 Å². The summed E-state index contributed by atoms with van der Waals surface area (Å²) in [5, 5.41) is 2.86. The van der Waals surface area contributed by atoms with Crippen LogP contribution in [0.3, 0.4) is 0 Å². The Labute approximate surface area is 127 Å². The summed E-state index contributed by atoms with van der Waals surface area (Å²) in [6.45, 7) is 6.55. The molecular weight excluding hydrogens is 266 g/mol. The molecule has 0 saturated carbocycles. The Bertz CT molecular complexity index is 437. The van der Waals surface area contributed by atoms with Gasteiger partial charge in [-0.1, -0.05) is 19.1 Å². The second-order valence-electron chi connectivity index (χ2n) is 5.17. The molecule has 0 aliphatic rings. The van der Waals surface area contributed by atoms with Gasteiger partial charge in [-0.15, -0.1) is 0 Å². The van der Waals surface area contributed by atoms with Crippen molar-refractivity contribution in [3.8, 4) is 0 Å². The molecule has 1 aromatic rings. The molecular formula is C16H27N3O2. The number of nitrogens with zero attached hydrogens (tertiary/aromatic N) is 1. The molecule has 118 valence electrons. The number of rotatable bonds is 9. The van der Waals surface area contributed by atoms with Crippen molar-refractivity contribution in [2.75, 3.05) is 37.9 Å². The lowest BCUT2D eigenvalue weighted by atomic mass is 10.2. The lowest BCUT2D eigenvalue weighted by Crippen LogP contribution is -2.37. The maximum atomic E-state index is 12.0. The third-order valence-electron chi connectivity index (χ3n) is 3.66. The first-order chi connectivity index (χ1) is 10.1. The Hall–Kier alpha value is -1.59.